The summed E-state index contributed by atoms with van der Waals surface area (Å²) in [4.78, 5) is 13.2. The van der Waals surface area contributed by atoms with Crippen molar-refractivity contribution in [3.05, 3.63) is 35.6 Å². The number of furan rings is 1. The Hall–Kier alpha value is -1.85. The minimum absolute atomic E-state index is 0.0335. The van der Waals surface area contributed by atoms with Gasteiger partial charge in [-0.25, -0.2) is 4.79 Å². The van der Waals surface area contributed by atoms with Gasteiger partial charge in [0.25, 0.3) is 0 Å². The lowest BCUT2D eigenvalue weighted by molar-refractivity contribution is 0.0423. The zero-order valence-corrected chi connectivity index (χ0v) is 11.9. The third-order valence-electron chi connectivity index (χ3n) is 2.98. The van der Waals surface area contributed by atoms with E-state index < -0.39 is 11.6 Å². The molecule has 0 unspecified atom stereocenters. The average Bonchev–Trinajstić information content (AvgIpc) is 2.66. The van der Waals surface area contributed by atoms with Crippen LogP contribution in [-0.2, 0) is 6.54 Å². The summed E-state index contributed by atoms with van der Waals surface area (Å²) in [5.41, 5.74) is 0.369. The molecule has 108 valence electrons. The van der Waals surface area contributed by atoms with Gasteiger partial charge >= 0.3 is 5.97 Å². The van der Waals surface area contributed by atoms with Crippen molar-refractivity contribution in [3.8, 4) is 0 Å². The van der Waals surface area contributed by atoms with Crippen molar-refractivity contribution in [2.24, 2.45) is 0 Å². The summed E-state index contributed by atoms with van der Waals surface area (Å²) in [6.45, 7) is 4.28. The highest BCUT2D eigenvalue weighted by atomic mass is 16.4. The van der Waals surface area contributed by atoms with Gasteiger partial charge in [0.2, 0.25) is 5.76 Å². The fourth-order valence-electron chi connectivity index (χ4n) is 2.41. The highest BCUT2D eigenvalue weighted by molar-refractivity contribution is 5.95. The van der Waals surface area contributed by atoms with E-state index in [9.17, 15) is 15.0 Å². The normalized spacial score (nSPS) is 12.2. The van der Waals surface area contributed by atoms with Crippen LogP contribution in [-0.4, -0.2) is 40.3 Å². The molecule has 0 saturated heterocycles. The number of carboxylic acids is 1. The fourth-order valence-corrected chi connectivity index (χ4v) is 2.41. The smallest absolute Gasteiger partial charge is 0.372 e. The molecule has 0 aliphatic heterocycles. The van der Waals surface area contributed by atoms with Gasteiger partial charge in [-0.05, 0) is 27.0 Å². The zero-order valence-electron chi connectivity index (χ0n) is 11.9. The number of fused-ring (bicyclic) bond motifs is 1. The number of likely N-dealkylation sites (N-methyl/N-ethyl adjacent to an activating group) is 1. The number of benzene rings is 1. The second kappa shape index (κ2) is 5.26. The second-order valence-corrected chi connectivity index (χ2v) is 5.70. The molecule has 0 amide bonds. The maximum absolute atomic E-state index is 11.3. The van der Waals surface area contributed by atoms with Crippen molar-refractivity contribution >= 4 is 16.9 Å². The Labute approximate surface area is 117 Å². The van der Waals surface area contributed by atoms with Gasteiger partial charge in [-0.3, -0.25) is 4.90 Å². The van der Waals surface area contributed by atoms with E-state index >= 15 is 0 Å². The number of para-hydroxylation sites is 1. The third-order valence-corrected chi connectivity index (χ3v) is 2.98. The highest BCUT2D eigenvalue weighted by Crippen LogP contribution is 2.27. The largest absolute Gasteiger partial charge is 0.475 e. The van der Waals surface area contributed by atoms with Crippen LogP contribution in [0.15, 0.2) is 28.7 Å². The Morgan fingerprint density at radius 1 is 1.35 bits per heavy atom. The van der Waals surface area contributed by atoms with Gasteiger partial charge in [-0.2, -0.15) is 0 Å². The van der Waals surface area contributed by atoms with E-state index in [4.69, 9.17) is 4.42 Å². The van der Waals surface area contributed by atoms with Gasteiger partial charge in [-0.1, -0.05) is 18.2 Å². The van der Waals surface area contributed by atoms with E-state index in [-0.39, 0.29) is 5.76 Å². The Balaban J connectivity index is 2.37. The average molecular weight is 277 g/mol. The maximum Gasteiger partial charge on any atom is 0.372 e. The van der Waals surface area contributed by atoms with E-state index in [2.05, 4.69) is 0 Å². The third kappa shape index (κ3) is 3.18. The van der Waals surface area contributed by atoms with Crippen LogP contribution < -0.4 is 0 Å². The van der Waals surface area contributed by atoms with Crippen LogP contribution in [0.1, 0.15) is 30.0 Å². The van der Waals surface area contributed by atoms with E-state index in [0.29, 0.717) is 24.2 Å². The molecule has 0 bridgehead atoms. The molecule has 2 N–H and O–H groups in total. The molecule has 0 aliphatic carbocycles. The van der Waals surface area contributed by atoms with Gasteiger partial charge in [0, 0.05) is 24.0 Å². The summed E-state index contributed by atoms with van der Waals surface area (Å²) in [6, 6.07) is 7.25. The Kier molecular flexibility index (Phi) is 3.83. The van der Waals surface area contributed by atoms with Gasteiger partial charge in [0.1, 0.15) is 5.58 Å². The van der Waals surface area contributed by atoms with Crippen molar-refractivity contribution in [1.29, 1.82) is 0 Å². The lowest BCUT2D eigenvalue weighted by Crippen LogP contribution is -2.36. The molecule has 1 aromatic carbocycles. The molecule has 0 aliphatic rings. The molecule has 20 heavy (non-hydrogen) atoms. The first-order valence-corrected chi connectivity index (χ1v) is 6.42. The van der Waals surface area contributed by atoms with Crippen molar-refractivity contribution in [1.82, 2.24) is 4.90 Å². The molecule has 1 heterocycles. The lowest BCUT2D eigenvalue weighted by atomic mass is 10.1. The number of aliphatic hydroxyl groups is 1. The molecule has 2 aromatic rings. The summed E-state index contributed by atoms with van der Waals surface area (Å²) in [5, 5.41) is 19.9. The van der Waals surface area contributed by atoms with E-state index in [1.807, 2.05) is 30.1 Å². The first kappa shape index (κ1) is 14.6. The van der Waals surface area contributed by atoms with Crippen molar-refractivity contribution < 1.29 is 19.4 Å². The first-order valence-electron chi connectivity index (χ1n) is 6.42. The van der Waals surface area contributed by atoms with Crippen molar-refractivity contribution in [2.75, 3.05) is 13.6 Å². The van der Waals surface area contributed by atoms with Crippen LogP contribution >= 0.6 is 0 Å². The summed E-state index contributed by atoms with van der Waals surface area (Å²) in [5.74, 6) is -1.11. The number of hydrogen-bond acceptors (Lipinski definition) is 4. The van der Waals surface area contributed by atoms with Crippen LogP contribution in [0, 0.1) is 0 Å². The Bertz CT molecular complexity index is 624. The van der Waals surface area contributed by atoms with Crippen LogP contribution in [0.5, 0.6) is 0 Å². The predicted molar refractivity (Wildman–Crippen MR) is 75.8 cm³/mol. The van der Waals surface area contributed by atoms with E-state index in [1.54, 1.807) is 19.9 Å². The fraction of sp³-hybridized carbons (Fsp3) is 0.400. The first-order chi connectivity index (χ1) is 9.28. The lowest BCUT2D eigenvalue weighted by Gasteiger charge is -2.25. The Morgan fingerprint density at radius 3 is 2.60 bits per heavy atom. The number of carboxylic acid groups (broad SMARTS) is 1. The second-order valence-electron chi connectivity index (χ2n) is 5.70. The number of carbonyl (C=O) groups is 1. The van der Waals surface area contributed by atoms with Gasteiger partial charge in [0.05, 0.1) is 5.60 Å². The van der Waals surface area contributed by atoms with Gasteiger partial charge in [0.15, 0.2) is 0 Å². The molecular formula is C15H19NO4. The molecule has 5 heteroatoms. The topological polar surface area (TPSA) is 73.9 Å². The van der Waals surface area contributed by atoms with Crippen molar-refractivity contribution in [3.63, 3.8) is 0 Å². The minimum atomic E-state index is -1.08. The standard InChI is InChI=1S/C15H19NO4/c1-15(2,19)9-16(3)8-11-10-6-4-5-7-12(10)20-13(11)14(17)18/h4-7,19H,8-9H2,1-3H3,(H,17,18). The summed E-state index contributed by atoms with van der Waals surface area (Å²) in [7, 11) is 1.84. The van der Waals surface area contributed by atoms with Gasteiger partial charge in [-0.15, -0.1) is 0 Å². The molecule has 5 nitrogen and oxygen atoms in total. The molecule has 0 atom stereocenters. The minimum Gasteiger partial charge on any atom is -0.475 e. The molecule has 0 radical (unpaired) electrons. The Morgan fingerprint density at radius 2 is 2.00 bits per heavy atom. The van der Waals surface area contributed by atoms with Crippen molar-refractivity contribution in [2.45, 2.75) is 26.0 Å². The predicted octanol–water partition coefficient (Wildman–Crippen LogP) is 2.33. The maximum atomic E-state index is 11.3. The highest BCUT2D eigenvalue weighted by Gasteiger charge is 2.22. The number of rotatable bonds is 5. The summed E-state index contributed by atoms with van der Waals surface area (Å²) in [6.07, 6.45) is 0. The zero-order chi connectivity index (χ0) is 14.9. The number of nitrogens with zero attached hydrogens (tertiary/aromatic N) is 1. The molecule has 0 spiro atoms. The summed E-state index contributed by atoms with van der Waals surface area (Å²) < 4.78 is 5.40. The molecule has 1 aromatic heterocycles. The van der Waals surface area contributed by atoms with E-state index in [1.165, 1.54) is 0 Å². The van der Waals surface area contributed by atoms with Crippen LogP contribution in [0.3, 0.4) is 0 Å². The molecule has 2 rings (SSSR count). The molecule has 0 saturated carbocycles. The summed E-state index contributed by atoms with van der Waals surface area (Å²) >= 11 is 0. The van der Waals surface area contributed by atoms with Crippen LogP contribution in [0.4, 0.5) is 0 Å². The van der Waals surface area contributed by atoms with Gasteiger partial charge < -0.3 is 14.6 Å². The SMILES string of the molecule is CN(Cc1c(C(=O)O)oc2ccccc12)CC(C)(C)O. The number of aromatic carboxylic acids is 1. The van der Waals surface area contributed by atoms with Crippen LogP contribution in [0.2, 0.25) is 0 Å². The quantitative estimate of drug-likeness (QED) is 0.877. The molecular weight excluding hydrogens is 258 g/mol. The van der Waals surface area contributed by atoms with E-state index in [0.717, 1.165) is 5.39 Å². The monoisotopic (exact) mass is 277 g/mol. The molecule has 0 fully saturated rings. The number of hydrogen-bond donors (Lipinski definition) is 2. The van der Waals surface area contributed by atoms with Crippen LogP contribution in [0.25, 0.3) is 11.0 Å².